The predicted molar refractivity (Wildman–Crippen MR) is 103 cm³/mol. The molecule has 0 radical (unpaired) electrons. The Hall–Kier alpha value is -3.03. The van der Waals surface area contributed by atoms with Crippen molar-refractivity contribution in [2.45, 2.75) is 45.6 Å². The second kappa shape index (κ2) is 8.55. The lowest BCUT2D eigenvalue weighted by Crippen LogP contribution is -2.45. The molecule has 154 valence electrons. The van der Waals surface area contributed by atoms with Crippen LogP contribution in [0.3, 0.4) is 0 Å². The number of carbonyl (C=O) groups excluding carboxylic acids is 5. The summed E-state index contributed by atoms with van der Waals surface area (Å²) in [5.41, 5.74) is 0.666. The van der Waals surface area contributed by atoms with Crippen LogP contribution in [-0.2, 0) is 23.9 Å². The Morgan fingerprint density at radius 2 is 1.69 bits per heavy atom. The Bertz CT molecular complexity index is 840. The maximum absolute atomic E-state index is 12.6. The van der Waals surface area contributed by atoms with Crippen molar-refractivity contribution in [3.8, 4) is 0 Å². The fraction of sp³-hybridized carbons (Fsp3) is 0.476. The Labute approximate surface area is 168 Å². The minimum absolute atomic E-state index is 0.209. The van der Waals surface area contributed by atoms with Crippen molar-refractivity contribution in [1.29, 1.82) is 0 Å². The van der Waals surface area contributed by atoms with Crippen LogP contribution in [0.4, 0.5) is 5.69 Å². The van der Waals surface area contributed by atoms with E-state index in [1.807, 2.05) is 0 Å². The van der Waals surface area contributed by atoms with Crippen LogP contribution in [0.25, 0.3) is 0 Å². The third kappa shape index (κ3) is 4.21. The molecule has 1 aromatic carbocycles. The van der Waals surface area contributed by atoms with Crippen LogP contribution in [0.15, 0.2) is 24.3 Å². The highest BCUT2D eigenvalue weighted by atomic mass is 16.5. The Kier molecular flexibility index (Phi) is 6.10. The van der Waals surface area contributed by atoms with E-state index in [4.69, 9.17) is 4.74 Å². The number of amides is 3. The number of likely N-dealkylation sites (tertiary alicyclic amines) is 1. The number of para-hydroxylation sites is 1. The first-order valence-corrected chi connectivity index (χ1v) is 9.74. The van der Waals surface area contributed by atoms with Gasteiger partial charge in [0.25, 0.3) is 5.91 Å². The molecule has 1 N–H and O–H groups in total. The fourth-order valence-electron chi connectivity index (χ4n) is 4.02. The maximum Gasteiger partial charge on any atom is 0.329 e. The topological polar surface area (TPSA) is 110 Å². The molecule has 0 unspecified atom stereocenters. The second-order valence-corrected chi connectivity index (χ2v) is 7.48. The molecule has 2 aliphatic rings. The van der Waals surface area contributed by atoms with Crippen LogP contribution in [-0.4, -0.2) is 47.0 Å². The number of anilines is 1. The van der Waals surface area contributed by atoms with E-state index < -0.39 is 24.5 Å². The van der Waals surface area contributed by atoms with Gasteiger partial charge in [0, 0.05) is 5.56 Å². The molecule has 1 saturated heterocycles. The number of imide groups is 1. The molecule has 1 saturated carbocycles. The zero-order chi connectivity index (χ0) is 21.1. The van der Waals surface area contributed by atoms with E-state index >= 15 is 0 Å². The summed E-state index contributed by atoms with van der Waals surface area (Å²) < 4.78 is 5.02. The molecular weight excluding hydrogens is 376 g/mol. The molecule has 0 bridgehead atoms. The number of ether oxygens (including phenoxy) is 1. The molecule has 2 fully saturated rings. The number of hydrogen-bond donors (Lipinski definition) is 1. The summed E-state index contributed by atoms with van der Waals surface area (Å²) in [6.45, 7) is 2.23. The molecule has 1 aliphatic heterocycles. The number of ketones is 1. The minimum Gasteiger partial charge on any atom is -0.454 e. The number of hydrogen-bond acceptors (Lipinski definition) is 6. The highest BCUT2D eigenvalue weighted by molar-refractivity contribution is 6.08. The predicted octanol–water partition coefficient (Wildman–Crippen LogP) is 1.93. The zero-order valence-electron chi connectivity index (χ0n) is 16.5. The molecule has 8 heteroatoms. The third-order valence-electron chi connectivity index (χ3n) is 5.53. The van der Waals surface area contributed by atoms with Crippen molar-refractivity contribution in [2.24, 2.45) is 11.8 Å². The fourth-order valence-corrected chi connectivity index (χ4v) is 4.02. The van der Waals surface area contributed by atoms with Crippen LogP contribution in [0.5, 0.6) is 0 Å². The van der Waals surface area contributed by atoms with Gasteiger partial charge in [-0.2, -0.15) is 0 Å². The lowest BCUT2D eigenvalue weighted by Gasteiger charge is -2.21. The van der Waals surface area contributed by atoms with Gasteiger partial charge in [0.2, 0.25) is 11.8 Å². The van der Waals surface area contributed by atoms with E-state index in [9.17, 15) is 24.0 Å². The van der Waals surface area contributed by atoms with Gasteiger partial charge < -0.3 is 10.1 Å². The summed E-state index contributed by atoms with van der Waals surface area (Å²) in [5.74, 6) is -3.00. The first kappa shape index (κ1) is 20.7. The van der Waals surface area contributed by atoms with Gasteiger partial charge in [-0.15, -0.1) is 0 Å². The maximum atomic E-state index is 12.6. The van der Waals surface area contributed by atoms with E-state index in [1.165, 1.54) is 13.8 Å². The molecule has 0 aromatic heterocycles. The average molecular weight is 400 g/mol. The number of carbonyl (C=O) groups is 5. The lowest BCUT2D eigenvalue weighted by molar-refractivity contribution is -0.159. The molecule has 1 heterocycles. The number of benzene rings is 1. The Morgan fingerprint density at radius 3 is 2.28 bits per heavy atom. The highest BCUT2D eigenvalue weighted by Gasteiger charge is 2.51. The first-order chi connectivity index (χ1) is 13.8. The van der Waals surface area contributed by atoms with Gasteiger partial charge in [0.05, 0.1) is 17.5 Å². The van der Waals surface area contributed by atoms with Crippen LogP contribution in [0.1, 0.15) is 49.9 Å². The van der Waals surface area contributed by atoms with Gasteiger partial charge in [-0.05, 0) is 38.8 Å². The van der Waals surface area contributed by atoms with Crippen molar-refractivity contribution in [3.05, 3.63) is 29.8 Å². The number of nitrogens with zero attached hydrogens (tertiary/aromatic N) is 1. The standard InChI is InChI=1S/C21H24N2O6/c1-12(23-19(26)15-8-3-4-9-16(15)20(23)27)21(28)29-11-18(25)22-17-10-6-5-7-14(17)13(2)24/h5-7,10,12,15-16H,3-4,8-9,11H2,1-2H3,(H,22,25)/t12-,15+,16+/m0/s1. The number of fused-ring (bicyclic) bond motifs is 1. The van der Waals surface area contributed by atoms with Gasteiger partial charge in [-0.1, -0.05) is 25.0 Å². The van der Waals surface area contributed by atoms with Gasteiger partial charge in [-0.3, -0.25) is 24.1 Å². The van der Waals surface area contributed by atoms with Crippen molar-refractivity contribution in [3.63, 3.8) is 0 Å². The number of nitrogens with one attached hydrogen (secondary N) is 1. The SMILES string of the molecule is CC(=O)c1ccccc1NC(=O)COC(=O)[C@H](C)N1C(=O)[C@@H]2CCCC[C@H]2C1=O. The molecule has 0 spiro atoms. The molecular formula is C21H24N2O6. The molecule has 8 nitrogen and oxygen atoms in total. The summed E-state index contributed by atoms with van der Waals surface area (Å²) in [4.78, 5) is 62.2. The molecule has 1 aliphatic carbocycles. The zero-order valence-corrected chi connectivity index (χ0v) is 16.5. The molecule has 3 atom stereocenters. The number of esters is 1. The Balaban J connectivity index is 1.58. The molecule has 1 aromatic rings. The van der Waals surface area contributed by atoms with E-state index in [1.54, 1.807) is 24.3 Å². The van der Waals surface area contributed by atoms with Crippen molar-refractivity contribution < 1.29 is 28.7 Å². The first-order valence-electron chi connectivity index (χ1n) is 9.74. The van der Waals surface area contributed by atoms with Gasteiger partial charge >= 0.3 is 5.97 Å². The Morgan fingerprint density at radius 1 is 1.10 bits per heavy atom. The summed E-state index contributed by atoms with van der Waals surface area (Å²) >= 11 is 0. The summed E-state index contributed by atoms with van der Waals surface area (Å²) in [6.07, 6.45) is 3.11. The quantitative estimate of drug-likeness (QED) is 0.444. The van der Waals surface area contributed by atoms with Crippen molar-refractivity contribution in [2.75, 3.05) is 11.9 Å². The second-order valence-electron chi connectivity index (χ2n) is 7.48. The van der Waals surface area contributed by atoms with Gasteiger partial charge in [0.15, 0.2) is 12.4 Å². The average Bonchev–Trinajstić information content (AvgIpc) is 2.96. The summed E-state index contributed by atoms with van der Waals surface area (Å²) in [6, 6.07) is 5.41. The van der Waals surface area contributed by atoms with Crippen LogP contribution >= 0.6 is 0 Å². The van der Waals surface area contributed by atoms with Crippen molar-refractivity contribution in [1.82, 2.24) is 4.90 Å². The normalized spacial score (nSPS) is 22.1. The summed E-state index contributed by atoms with van der Waals surface area (Å²) in [7, 11) is 0. The van der Waals surface area contributed by atoms with E-state index in [0.717, 1.165) is 17.7 Å². The number of Topliss-reactive ketones (excluding diaryl/α,β-unsaturated/α-hetero) is 1. The molecule has 3 amide bonds. The van der Waals surface area contributed by atoms with Crippen LogP contribution in [0.2, 0.25) is 0 Å². The van der Waals surface area contributed by atoms with E-state index in [2.05, 4.69) is 5.32 Å². The van der Waals surface area contributed by atoms with Gasteiger partial charge in [0.1, 0.15) is 6.04 Å². The van der Waals surface area contributed by atoms with Crippen molar-refractivity contribution >= 4 is 35.2 Å². The lowest BCUT2D eigenvalue weighted by atomic mass is 9.81. The minimum atomic E-state index is -1.09. The monoisotopic (exact) mass is 400 g/mol. The molecule has 3 rings (SSSR count). The largest absolute Gasteiger partial charge is 0.454 e. The summed E-state index contributed by atoms with van der Waals surface area (Å²) in [5, 5.41) is 2.53. The van der Waals surface area contributed by atoms with Crippen LogP contribution < -0.4 is 5.32 Å². The highest BCUT2D eigenvalue weighted by Crippen LogP contribution is 2.38. The van der Waals surface area contributed by atoms with E-state index in [0.29, 0.717) is 24.1 Å². The van der Waals surface area contributed by atoms with Crippen LogP contribution in [0, 0.1) is 11.8 Å². The molecule has 29 heavy (non-hydrogen) atoms. The van der Waals surface area contributed by atoms with E-state index in [-0.39, 0.29) is 29.4 Å². The smallest absolute Gasteiger partial charge is 0.329 e. The third-order valence-corrected chi connectivity index (χ3v) is 5.53. The van der Waals surface area contributed by atoms with Gasteiger partial charge in [-0.25, -0.2) is 4.79 Å². The number of rotatable bonds is 6.